The molecule has 1 nitrogen and oxygen atoms in total. The molecule has 0 aromatic heterocycles. The summed E-state index contributed by atoms with van der Waals surface area (Å²) >= 11 is 0. The van der Waals surface area contributed by atoms with E-state index in [1.165, 1.54) is 22.3 Å². The molecule has 96 valence electrons. The van der Waals surface area contributed by atoms with E-state index >= 15 is 0 Å². The maximum Gasteiger partial charge on any atom is 0.0764 e. The van der Waals surface area contributed by atoms with Gasteiger partial charge in [-0.3, -0.25) is 0 Å². The van der Waals surface area contributed by atoms with Crippen LogP contribution in [-0.4, -0.2) is 5.11 Å². The Balaban J connectivity index is 2.16. The van der Waals surface area contributed by atoms with Gasteiger partial charge in [0.25, 0.3) is 0 Å². The predicted molar refractivity (Wildman–Crippen MR) is 79.0 cm³/mol. The number of rotatable bonds is 2. The van der Waals surface area contributed by atoms with E-state index in [-0.39, 0.29) is 5.92 Å². The Bertz CT molecular complexity index is 638. The zero-order chi connectivity index (χ0) is 13.4. The van der Waals surface area contributed by atoms with Crippen LogP contribution in [0.3, 0.4) is 0 Å². The fraction of sp³-hybridized carbons (Fsp3) is 0.222. The molecule has 19 heavy (non-hydrogen) atoms. The molecule has 0 fully saturated rings. The Labute approximate surface area is 114 Å². The fourth-order valence-electron chi connectivity index (χ4n) is 3.05. The minimum Gasteiger partial charge on any atom is -0.389 e. The average molecular weight is 250 g/mol. The minimum absolute atomic E-state index is 0.280. The van der Waals surface area contributed by atoms with Gasteiger partial charge in [-0.25, -0.2) is 0 Å². The van der Waals surface area contributed by atoms with E-state index in [1.807, 2.05) is 19.1 Å². The highest BCUT2D eigenvalue weighted by Crippen LogP contribution is 2.42. The topological polar surface area (TPSA) is 20.2 Å². The summed E-state index contributed by atoms with van der Waals surface area (Å²) in [6, 6.07) is 16.7. The number of hydrogen-bond acceptors (Lipinski definition) is 1. The van der Waals surface area contributed by atoms with Crippen LogP contribution < -0.4 is 0 Å². The molecule has 2 aromatic rings. The van der Waals surface area contributed by atoms with Crippen LogP contribution in [0.1, 0.15) is 48.1 Å². The maximum atomic E-state index is 9.98. The van der Waals surface area contributed by atoms with Crippen LogP contribution in [0.2, 0.25) is 0 Å². The summed E-state index contributed by atoms with van der Waals surface area (Å²) in [6.07, 6.45) is 1.82. The minimum atomic E-state index is -0.434. The average Bonchev–Trinajstić information content (AvgIpc) is 2.74. The number of hydrogen-bond donors (Lipinski definition) is 1. The number of aliphatic hydroxyl groups is 1. The number of benzene rings is 2. The first-order valence-electron chi connectivity index (χ1n) is 6.72. The summed E-state index contributed by atoms with van der Waals surface area (Å²) < 4.78 is 0. The van der Waals surface area contributed by atoms with Gasteiger partial charge in [0, 0.05) is 5.92 Å². The normalized spacial score (nSPS) is 18.9. The molecule has 0 heterocycles. The Hall–Kier alpha value is -1.86. The highest BCUT2D eigenvalue weighted by Gasteiger charge is 2.26. The second-order valence-electron chi connectivity index (χ2n) is 5.26. The van der Waals surface area contributed by atoms with Crippen molar-refractivity contribution >= 4 is 6.08 Å². The SMILES string of the molecule is CC1=Cc2ccccc2C1c1ccccc1C(C)O. The van der Waals surface area contributed by atoms with E-state index in [9.17, 15) is 5.11 Å². The lowest BCUT2D eigenvalue weighted by atomic mass is 9.85. The van der Waals surface area contributed by atoms with Gasteiger partial charge in [0.05, 0.1) is 6.10 Å². The summed E-state index contributed by atoms with van der Waals surface area (Å²) in [5.74, 6) is 0.280. The standard InChI is InChI=1S/C18H18O/c1-12-11-14-7-3-4-9-16(14)18(12)17-10-6-5-8-15(17)13(2)19/h3-11,13,18-19H,1-2H3. The van der Waals surface area contributed by atoms with Gasteiger partial charge in [-0.1, -0.05) is 60.2 Å². The monoisotopic (exact) mass is 250 g/mol. The van der Waals surface area contributed by atoms with Gasteiger partial charge in [0.2, 0.25) is 0 Å². The molecule has 0 saturated carbocycles. The quantitative estimate of drug-likeness (QED) is 0.843. The molecule has 1 aliphatic carbocycles. The van der Waals surface area contributed by atoms with E-state index in [0.29, 0.717) is 0 Å². The van der Waals surface area contributed by atoms with Crippen molar-refractivity contribution in [1.29, 1.82) is 0 Å². The summed E-state index contributed by atoms with van der Waals surface area (Å²) in [4.78, 5) is 0. The Morgan fingerprint density at radius 1 is 0.947 bits per heavy atom. The van der Waals surface area contributed by atoms with E-state index in [2.05, 4.69) is 49.4 Å². The zero-order valence-corrected chi connectivity index (χ0v) is 11.3. The first-order valence-corrected chi connectivity index (χ1v) is 6.72. The van der Waals surface area contributed by atoms with Crippen LogP contribution in [0, 0.1) is 0 Å². The first-order chi connectivity index (χ1) is 9.18. The highest BCUT2D eigenvalue weighted by molar-refractivity contribution is 5.69. The van der Waals surface area contributed by atoms with Gasteiger partial charge < -0.3 is 5.11 Å². The molecule has 0 amide bonds. The van der Waals surface area contributed by atoms with Gasteiger partial charge in [-0.05, 0) is 36.1 Å². The van der Waals surface area contributed by atoms with Gasteiger partial charge in [-0.15, -0.1) is 0 Å². The first kappa shape index (κ1) is 12.2. The maximum absolute atomic E-state index is 9.98. The van der Waals surface area contributed by atoms with Crippen LogP contribution >= 0.6 is 0 Å². The van der Waals surface area contributed by atoms with Crippen LogP contribution in [-0.2, 0) is 0 Å². The molecule has 0 radical (unpaired) electrons. The molecule has 3 rings (SSSR count). The van der Waals surface area contributed by atoms with Crippen LogP contribution in [0.4, 0.5) is 0 Å². The molecular weight excluding hydrogens is 232 g/mol. The molecule has 0 aliphatic heterocycles. The number of aliphatic hydroxyl groups excluding tert-OH is 1. The molecule has 0 bridgehead atoms. The lowest BCUT2D eigenvalue weighted by Gasteiger charge is -2.20. The third-order valence-electron chi connectivity index (χ3n) is 3.90. The second kappa shape index (κ2) is 4.67. The molecular formula is C18H18O. The predicted octanol–water partition coefficient (Wildman–Crippen LogP) is 4.29. The lowest BCUT2D eigenvalue weighted by Crippen LogP contribution is -2.05. The fourth-order valence-corrected chi connectivity index (χ4v) is 3.05. The zero-order valence-electron chi connectivity index (χ0n) is 11.3. The van der Waals surface area contributed by atoms with E-state index in [4.69, 9.17) is 0 Å². The van der Waals surface area contributed by atoms with Crippen molar-refractivity contribution in [3.8, 4) is 0 Å². The number of fused-ring (bicyclic) bond motifs is 1. The summed E-state index contributed by atoms with van der Waals surface area (Å²) in [5.41, 5.74) is 6.22. The van der Waals surface area contributed by atoms with Crippen molar-refractivity contribution < 1.29 is 5.11 Å². The van der Waals surface area contributed by atoms with Crippen molar-refractivity contribution in [1.82, 2.24) is 0 Å². The highest BCUT2D eigenvalue weighted by atomic mass is 16.3. The van der Waals surface area contributed by atoms with Gasteiger partial charge in [0.15, 0.2) is 0 Å². The molecule has 0 spiro atoms. The molecule has 2 aromatic carbocycles. The van der Waals surface area contributed by atoms with Crippen molar-refractivity contribution in [2.45, 2.75) is 25.9 Å². The third kappa shape index (κ3) is 2.00. The molecule has 2 unspecified atom stereocenters. The van der Waals surface area contributed by atoms with Crippen LogP contribution in [0.5, 0.6) is 0 Å². The van der Waals surface area contributed by atoms with Gasteiger partial charge in [-0.2, -0.15) is 0 Å². The van der Waals surface area contributed by atoms with E-state index < -0.39 is 6.10 Å². The van der Waals surface area contributed by atoms with Gasteiger partial charge >= 0.3 is 0 Å². The summed E-state index contributed by atoms with van der Waals surface area (Å²) in [6.45, 7) is 4.00. The molecule has 0 saturated heterocycles. The largest absolute Gasteiger partial charge is 0.389 e. The molecule has 1 heteroatoms. The van der Waals surface area contributed by atoms with Crippen LogP contribution in [0.15, 0.2) is 54.1 Å². The Morgan fingerprint density at radius 2 is 1.58 bits per heavy atom. The Morgan fingerprint density at radius 3 is 2.32 bits per heavy atom. The lowest BCUT2D eigenvalue weighted by molar-refractivity contribution is 0.198. The summed E-state index contributed by atoms with van der Waals surface area (Å²) in [7, 11) is 0. The van der Waals surface area contributed by atoms with Crippen LogP contribution in [0.25, 0.3) is 6.08 Å². The smallest absolute Gasteiger partial charge is 0.0764 e. The van der Waals surface area contributed by atoms with E-state index in [1.54, 1.807) is 0 Å². The van der Waals surface area contributed by atoms with Crippen molar-refractivity contribution in [3.63, 3.8) is 0 Å². The van der Waals surface area contributed by atoms with Crippen molar-refractivity contribution in [2.24, 2.45) is 0 Å². The summed E-state index contributed by atoms with van der Waals surface area (Å²) in [5, 5.41) is 9.98. The van der Waals surface area contributed by atoms with Gasteiger partial charge in [0.1, 0.15) is 0 Å². The third-order valence-corrected chi connectivity index (χ3v) is 3.90. The van der Waals surface area contributed by atoms with Crippen molar-refractivity contribution in [2.75, 3.05) is 0 Å². The van der Waals surface area contributed by atoms with Crippen molar-refractivity contribution in [3.05, 3.63) is 76.4 Å². The number of allylic oxidation sites excluding steroid dienone is 1. The van der Waals surface area contributed by atoms with E-state index in [0.717, 1.165) is 5.56 Å². The Kier molecular flexibility index (Phi) is 3.00. The molecule has 1 aliphatic rings. The second-order valence-corrected chi connectivity index (χ2v) is 5.26. The molecule has 1 N–H and O–H groups in total. The molecule has 2 atom stereocenters.